The van der Waals surface area contributed by atoms with Crippen LogP contribution < -0.4 is 14.8 Å². The molecule has 0 fully saturated rings. The van der Waals surface area contributed by atoms with Crippen molar-refractivity contribution in [3.05, 3.63) is 77.9 Å². The highest BCUT2D eigenvalue weighted by molar-refractivity contribution is 5.43. The van der Waals surface area contributed by atoms with Gasteiger partial charge in [-0.1, -0.05) is 36.4 Å². The molecule has 0 aliphatic rings. The summed E-state index contributed by atoms with van der Waals surface area (Å²) in [5, 5.41) is 3.62. The smallest absolute Gasteiger partial charge is 0.161 e. The van der Waals surface area contributed by atoms with E-state index in [1.807, 2.05) is 61.3 Å². The first-order valence-electron chi connectivity index (χ1n) is 8.78. The van der Waals surface area contributed by atoms with Gasteiger partial charge in [-0.25, -0.2) is 4.98 Å². The highest BCUT2D eigenvalue weighted by Crippen LogP contribution is 2.28. The predicted molar refractivity (Wildman–Crippen MR) is 102 cm³/mol. The van der Waals surface area contributed by atoms with Crippen LogP contribution in [-0.4, -0.2) is 23.3 Å². The Hall–Kier alpha value is -2.79. The summed E-state index contributed by atoms with van der Waals surface area (Å²) in [5.41, 5.74) is 2.31. The highest BCUT2D eigenvalue weighted by Gasteiger charge is 2.18. The fourth-order valence-electron chi connectivity index (χ4n) is 2.98. The molecule has 0 bridgehead atoms. The van der Waals surface area contributed by atoms with E-state index in [1.165, 1.54) is 5.56 Å². The van der Waals surface area contributed by atoms with Crippen LogP contribution in [0.1, 0.15) is 29.9 Å². The van der Waals surface area contributed by atoms with E-state index in [0.29, 0.717) is 13.2 Å². The Kier molecular flexibility index (Phi) is 5.92. The maximum absolute atomic E-state index is 5.68. The normalized spacial score (nSPS) is 12.0. The van der Waals surface area contributed by atoms with Crippen LogP contribution in [0.5, 0.6) is 11.5 Å². The second-order valence-electron chi connectivity index (χ2n) is 6.04. The van der Waals surface area contributed by atoms with Gasteiger partial charge >= 0.3 is 0 Å². The topological polar surface area (TPSA) is 48.3 Å². The molecule has 1 atom stereocenters. The first-order valence-corrected chi connectivity index (χ1v) is 8.78. The molecule has 26 heavy (non-hydrogen) atoms. The van der Waals surface area contributed by atoms with Crippen LogP contribution in [0.25, 0.3) is 0 Å². The standard InChI is InChI=1S/C21H25N3O2/c1-4-26-19-14-16(10-11-18(19)25-3)15-23-20(17-8-6-5-7-9-17)21-22-12-13-24(21)2/h5-14,20,23H,4,15H2,1-3H3. The lowest BCUT2D eigenvalue weighted by Crippen LogP contribution is -2.24. The van der Waals surface area contributed by atoms with E-state index in [-0.39, 0.29) is 6.04 Å². The molecule has 0 saturated carbocycles. The van der Waals surface area contributed by atoms with Crippen molar-refractivity contribution in [2.75, 3.05) is 13.7 Å². The zero-order valence-electron chi connectivity index (χ0n) is 15.5. The maximum Gasteiger partial charge on any atom is 0.161 e. The summed E-state index contributed by atoms with van der Waals surface area (Å²) in [6.45, 7) is 3.26. The molecular weight excluding hydrogens is 326 g/mol. The molecule has 0 aliphatic carbocycles. The zero-order chi connectivity index (χ0) is 18.4. The van der Waals surface area contributed by atoms with E-state index in [4.69, 9.17) is 9.47 Å². The van der Waals surface area contributed by atoms with Gasteiger partial charge in [0.15, 0.2) is 11.5 Å². The van der Waals surface area contributed by atoms with Crippen LogP contribution in [0.2, 0.25) is 0 Å². The first kappa shape index (κ1) is 18.0. The van der Waals surface area contributed by atoms with Crippen LogP contribution in [0.3, 0.4) is 0 Å². The molecule has 5 heteroatoms. The van der Waals surface area contributed by atoms with Crippen molar-refractivity contribution in [3.8, 4) is 11.5 Å². The quantitative estimate of drug-likeness (QED) is 0.672. The number of methoxy groups -OCH3 is 1. The molecule has 3 aromatic rings. The fourth-order valence-corrected chi connectivity index (χ4v) is 2.98. The molecule has 0 saturated heterocycles. The predicted octanol–water partition coefficient (Wildman–Crippen LogP) is 3.71. The Balaban J connectivity index is 1.82. The van der Waals surface area contributed by atoms with Crippen molar-refractivity contribution >= 4 is 0 Å². The largest absolute Gasteiger partial charge is 0.493 e. The van der Waals surface area contributed by atoms with Gasteiger partial charge < -0.3 is 14.0 Å². The molecule has 136 valence electrons. The number of nitrogens with one attached hydrogen (secondary N) is 1. The monoisotopic (exact) mass is 351 g/mol. The molecule has 1 unspecified atom stereocenters. The van der Waals surface area contributed by atoms with Gasteiger partial charge in [-0.3, -0.25) is 5.32 Å². The number of ether oxygens (including phenoxy) is 2. The number of hydrogen-bond donors (Lipinski definition) is 1. The van der Waals surface area contributed by atoms with Gasteiger partial charge in [-0.15, -0.1) is 0 Å². The molecule has 0 spiro atoms. The third kappa shape index (κ3) is 4.06. The number of imidazole rings is 1. The lowest BCUT2D eigenvalue weighted by atomic mass is 10.1. The van der Waals surface area contributed by atoms with E-state index < -0.39 is 0 Å². The highest BCUT2D eigenvalue weighted by atomic mass is 16.5. The molecule has 2 aromatic carbocycles. The molecule has 0 radical (unpaired) electrons. The summed E-state index contributed by atoms with van der Waals surface area (Å²) >= 11 is 0. The van der Waals surface area contributed by atoms with Crippen molar-refractivity contribution in [3.63, 3.8) is 0 Å². The molecular formula is C21H25N3O2. The molecule has 1 N–H and O–H groups in total. The Bertz CT molecular complexity index is 830. The average Bonchev–Trinajstić information content (AvgIpc) is 3.09. The number of aryl methyl sites for hydroxylation is 1. The minimum absolute atomic E-state index is 0.00819. The zero-order valence-corrected chi connectivity index (χ0v) is 15.5. The minimum atomic E-state index is 0.00819. The number of nitrogens with zero attached hydrogens (tertiary/aromatic N) is 2. The SMILES string of the molecule is CCOc1cc(CNC(c2ccccc2)c2nccn2C)ccc1OC. The second-order valence-corrected chi connectivity index (χ2v) is 6.04. The van der Waals surface area contributed by atoms with Crippen molar-refractivity contribution < 1.29 is 9.47 Å². The van der Waals surface area contributed by atoms with Crippen LogP contribution >= 0.6 is 0 Å². The third-order valence-corrected chi connectivity index (χ3v) is 4.29. The van der Waals surface area contributed by atoms with E-state index in [2.05, 4.69) is 28.5 Å². The summed E-state index contributed by atoms with van der Waals surface area (Å²) in [5.74, 6) is 2.50. The van der Waals surface area contributed by atoms with Crippen LogP contribution in [-0.2, 0) is 13.6 Å². The number of rotatable bonds is 8. The lowest BCUT2D eigenvalue weighted by Gasteiger charge is -2.20. The molecule has 0 aliphatic heterocycles. The van der Waals surface area contributed by atoms with E-state index >= 15 is 0 Å². The Morgan fingerprint density at radius 3 is 2.58 bits per heavy atom. The number of aromatic nitrogens is 2. The van der Waals surface area contributed by atoms with Crippen LogP contribution in [0, 0.1) is 0 Å². The van der Waals surface area contributed by atoms with E-state index in [0.717, 1.165) is 22.9 Å². The third-order valence-electron chi connectivity index (χ3n) is 4.29. The van der Waals surface area contributed by atoms with Crippen molar-refractivity contribution in [2.24, 2.45) is 7.05 Å². The van der Waals surface area contributed by atoms with Crippen LogP contribution in [0.4, 0.5) is 0 Å². The van der Waals surface area contributed by atoms with Crippen LogP contribution in [0.15, 0.2) is 60.9 Å². The van der Waals surface area contributed by atoms with E-state index in [9.17, 15) is 0 Å². The summed E-state index contributed by atoms with van der Waals surface area (Å²) in [6.07, 6.45) is 3.79. The van der Waals surface area contributed by atoms with Gasteiger partial charge in [0.1, 0.15) is 5.82 Å². The van der Waals surface area contributed by atoms with Crippen molar-refractivity contribution in [1.82, 2.24) is 14.9 Å². The van der Waals surface area contributed by atoms with Crippen molar-refractivity contribution in [2.45, 2.75) is 19.5 Å². The number of benzene rings is 2. The molecule has 3 rings (SSSR count). The first-order chi connectivity index (χ1) is 12.7. The minimum Gasteiger partial charge on any atom is -0.493 e. The van der Waals surface area contributed by atoms with Gasteiger partial charge in [0, 0.05) is 26.0 Å². The lowest BCUT2D eigenvalue weighted by molar-refractivity contribution is 0.310. The van der Waals surface area contributed by atoms with Gasteiger partial charge in [-0.05, 0) is 30.2 Å². The summed E-state index contributed by atoms with van der Waals surface area (Å²) < 4.78 is 13.1. The summed E-state index contributed by atoms with van der Waals surface area (Å²) in [7, 11) is 3.67. The Labute approximate surface area is 154 Å². The summed E-state index contributed by atoms with van der Waals surface area (Å²) in [4.78, 5) is 4.53. The Morgan fingerprint density at radius 2 is 1.92 bits per heavy atom. The van der Waals surface area contributed by atoms with Gasteiger partial charge in [0.25, 0.3) is 0 Å². The van der Waals surface area contributed by atoms with Gasteiger partial charge in [0.05, 0.1) is 19.8 Å². The van der Waals surface area contributed by atoms with Crippen molar-refractivity contribution in [1.29, 1.82) is 0 Å². The average molecular weight is 351 g/mol. The second kappa shape index (κ2) is 8.54. The number of hydrogen-bond acceptors (Lipinski definition) is 4. The maximum atomic E-state index is 5.68. The molecule has 1 heterocycles. The fraction of sp³-hybridized carbons (Fsp3) is 0.286. The van der Waals surface area contributed by atoms with E-state index in [1.54, 1.807) is 7.11 Å². The van der Waals surface area contributed by atoms with Gasteiger partial charge in [-0.2, -0.15) is 0 Å². The Morgan fingerprint density at radius 1 is 1.12 bits per heavy atom. The van der Waals surface area contributed by atoms with Gasteiger partial charge in [0.2, 0.25) is 0 Å². The molecule has 0 amide bonds. The molecule has 5 nitrogen and oxygen atoms in total. The summed E-state index contributed by atoms with van der Waals surface area (Å²) in [6, 6.07) is 16.4. The molecule has 1 aromatic heterocycles.